The van der Waals surface area contributed by atoms with Gasteiger partial charge in [-0.2, -0.15) is 0 Å². The van der Waals surface area contributed by atoms with Crippen molar-refractivity contribution in [3.63, 3.8) is 0 Å². The zero-order valence-corrected chi connectivity index (χ0v) is 12.9. The lowest BCUT2D eigenvalue weighted by molar-refractivity contribution is -0.0296. The fraction of sp³-hybridized carbons (Fsp3) is 1.00. The van der Waals surface area contributed by atoms with Gasteiger partial charge in [-0.15, -0.1) is 0 Å². The van der Waals surface area contributed by atoms with Crippen LogP contribution in [0.2, 0.25) is 0 Å². The van der Waals surface area contributed by atoms with E-state index in [-0.39, 0.29) is 0 Å². The van der Waals surface area contributed by atoms with Crippen LogP contribution in [0.4, 0.5) is 0 Å². The van der Waals surface area contributed by atoms with Crippen molar-refractivity contribution in [3.8, 4) is 0 Å². The third kappa shape index (κ3) is 3.72. The normalized spacial score (nSPS) is 29.2. The third-order valence-electron chi connectivity index (χ3n) is 5.64. The first-order valence-electron chi connectivity index (χ1n) is 8.53. The third-order valence-corrected chi connectivity index (χ3v) is 5.64. The van der Waals surface area contributed by atoms with Crippen LogP contribution < -0.4 is 0 Å². The number of nitrogens with zero attached hydrogens (tertiary/aromatic N) is 1. The van der Waals surface area contributed by atoms with Crippen LogP contribution in [-0.4, -0.2) is 36.7 Å². The van der Waals surface area contributed by atoms with Crippen LogP contribution >= 0.6 is 0 Å². The first-order valence-corrected chi connectivity index (χ1v) is 8.53. The maximum atomic E-state index is 5.94. The van der Waals surface area contributed by atoms with Gasteiger partial charge < -0.3 is 9.64 Å². The highest BCUT2D eigenvalue weighted by molar-refractivity contribution is 4.96. The predicted molar refractivity (Wildman–Crippen MR) is 79.3 cm³/mol. The van der Waals surface area contributed by atoms with Gasteiger partial charge in [-0.3, -0.25) is 0 Å². The van der Waals surface area contributed by atoms with Crippen molar-refractivity contribution < 1.29 is 4.74 Å². The van der Waals surface area contributed by atoms with E-state index in [0.717, 1.165) is 11.3 Å². The molecular weight excluding hydrogens is 234 g/mol. The number of hydrogen-bond donors (Lipinski definition) is 0. The summed E-state index contributed by atoms with van der Waals surface area (Å²) in [6.45, 7) is 8.20. The molecule has 2 aliphatic carbocycles. The Morgan fingerprint density at radius 2 is 1.63 bits per heavy atom. The molecule has 3 fully saturated rings. The van der Waals surface area contributed by atoms with Crippen molar-refractivity contribution in [2.75, 3.05) is 19.6 Å². The van der Waals surface area contributed by atoms with E-state index in [1.165, 1.54) is 71.0 Å². The van der Waals surface area contributed by atoms with Crippen LogP contribution in [0.5, 0.6) is 0 Å². The van der Waals surface area contributed by atoms with Crippen LogP contribution in [-0.2, 0) is 4.74 Å². The van der Waals surface area contributed by atoms with E-state index in [0.29, 0.717) is 12.2 Å². The molecule has 0 aromatic carbocycles. The molecule has 2 nitrogen and oxygen atoms in total. The smallest absolute Gasteiger partial charge is 0.0603 e. The Labute approximate surface area is 118 Å². The van der Waals surface area contributed by atoms with Crippen molar-refractivity contribution in [3.05, 3.63) is 0 Å². The van der Waals surface area contributed by atoms with Gasteiger partial charge in [0.2, 0.25) is 0 Å². The van der Waals surface area contributed by atoms with E-state index in [1.807, 2.05) is 0 Å². The Bertz CT molecular complexity index is 280. The summed E-state index contributed by atoms with van der Waals surface area (Å²) in [5.74, 6) is 0.994. The number of hydrogen-bond acceptors (Lipinski definition) is 2. The summed E-state index contributed by atoms with van der Waals surface area (Å²) in [5, 5.41) is 0. The van der Waals surface area contributed by atoms with Gasteiger partial charge in [-0.1, -0.05) is 0 Å². The number of likely N-dealkylation sites (tertiary alicyclic amines) is 1. The van der Waals surface area contributed by atoms with Crippen molar-refractivity contribution in [1.29, 1.82) is 0 Å². The molecule has 19 heavy (non-hydrogen) atoms. The second-order valence-electron chi connectivity index (χ2n) is 7.63. The molecule has 0 unspecified atom stereocenters. The lowest BCUT2D eigenvalue weighted by Gasteiger charge is -2.37. The monoisotopic (exact) mass is 265 g/mol. The standard InChI is InChI=1S/C17H31NO/c1-14(2)19-16-5-11-18(12-6-16)13-15-3-7-17(8-4-15)9-10-17/h14-16H,3-13H2,1-2H3. The van der Waals surface area contributed by atoms with Gasteiger partial charge in [0.25, 0.3) is 0 Å². The van der Waals surface area contributed by atoms with E-state index in [9.17, 15) is 0 Å². The molecular formula is C17H31NO. The van der Waals surface area contributed by atoms with Crippen LogP contribution in [0, 0.1) is 11.3 Å². The molecule has 1 spiro atoms. The molecule has 0 bridgehead atoms. The number of rotatable bonds is 4. The average molecular weight is 265 g/mol. The predicted octanol–water partition coefficient (Wildman–Crippen LogP) is 3.85. The second-order valence-corrected chi connectivity index (χ2v) is 7.63. The Morgan fingerprint density at radius 3 is 2.16 bits per heavy atom. The molecule has 0 atom stereocenters. The summed E-state index contributed by atoms with van der Waals surface area (Å²) in [6, 6.07) is 0. The molecule has 0 radical (unpaired) electrons. The molecule has 3 aliphatic rings. The van der Waals surface area contributed by atoms with E-state index < -0.39 is 0 Å². The van der Waals surface area contributed by atoms with Crippen molar-refractivity contribution in [2.45, 2.75) is 77.4 Å². The van der Waals surface area contributed by atoms with Gasteiger partial charge in [0.1, 0.15) is 0 Å². The molecule has 1 aliphatic heterocycles. The fourth-order valence-electron chi connectivity index (χ4n) is 4.13. The number of piperidine rings is 1. The van der Waals surface area contributed by atoms with E-state index >= 15 is 0 Å². The molecule has 110 valence electrons. The molecule has 0 N–H and O–H groups in total. The van der Waals surface area contributed by atoms with Gasteiger partial charge in [0.05, 0.1) is 12.2 Å². The van der Waals surface area contributed by atoms with Gasteiger partial charge in [0.15, 0.2) is 0 Å². The summed E-state index contributed by atoms with van der Waals surface area (Å²) < 4.78 is 5.94. The minimum atomic E-state index is 0.393. The van der Waals surface area contributed by atoms with Gasteiger partial charge in [-0.05, 0) is 76.5 Å². The van der Waals surface area contributed by atoms with Gasteiger partial charge >= 0.3 is 0 Å². The molecule has 1 heterocycles. The SMILES string of the molecule is CC(C)OC1CCN(CC2CCC3(CC2)CC3)CC1. The average Bonchev–Trinajstić information content (AvgIpc) is 3.14. The Kier molecular flexibility index (Phi) is 4.19. The molecule has 2 heteroatoms. The topological polar surface area (TPSA) is 12.5 Å². The summed E-state index contributed by atoms with van der Waals surface area (Å²) in [5.41, 5.74) is 0.856. The largest absolute Gasteiger partial charge is 0.375 e. The lowest BCUT2D eigenvalue weighted by Crippen LogP contribution is -2.41. The molecule has 0 aromatic heterocycles. The molecule has 1 saturated heterocycles. The number of ether oxygens (including phenoxy) is 1. The van der Waals surface area contributed by atoms with Crippen molar-refractivity contribution in [2.24, 2.45) is 11.3 Å². The highest BCUT2D eigenvalue weighted by atomic mass is 16.5. The summed E-state index contributed by atoms with van der Waals surface area (Å²) >= 11 is 0. The second kappa shape index (κ2) is 5.73. The zero-order chi connectivity index (χ0) is 13.3. The lowest BCUT2D eigenvalue weighted by atomic mass is 9.79. The zero-order valence-electron chi connectivity index (χ0n) is 12.9. The van der Waals surface area contributed by atoms with Crippen LogP contribution in [0.15, 0.2) is 0 Å². The highest BCUT2D eigenvalue weighted by Gasteiger charge is 2.44. The summed E-state index contributed by atoms with van der Waals surface area (Å²) in [4.78, 5) is 2.70. The van der Waals surface area contributed by atoms with Crippen LogP contribution in [0.1, 0.15) is 65.2 Å². The molecule has 2 saturated carbocycles. The van der Waals surface area contributed by atoms with Crippen molar-refractivity contribution in [1.82, 2.24) is 4.90 Å². The minimum absolute atomic E-state index is 0.393. The van der Waals surface area contributed by atoms with E-state index in [2.05, 4.69) is 18.7 Å². The maximum Gasteiger partial charge on any atom is 0.0603 e. The maximum absolute atomic E-state index is 5.94. The van der Waals surface area contributed by atoms with E-state index in [4.69, 9.17) is 4.74 Å². The van der Waals surface area contributed by atoms with Gasteiger partial charge in [-0.25, -0.2) is 0 Å². The van der Waals surface area contributed by atoms with Crippen LogP contribution in [0.25, 0.3) is 0 Å². The van der Waals surface area contributed by atoms with Crippen LogP contribution in [0.3, 0.4) is 0 Å². The van der Waals surface area contributed by atoms with Gasteiger partial charge in [0, 0.05) is 19.6 Å². The summed E-state index contributed by atoms with van der Waals surface area (Å²) in [6.07, 6.45) is 12.6. The van der Waals surface area contributed by atoms with Crippen molar-refractivity contribution >= 4 is 0 Å². The highest BCUT2D eigenvalue weighted by Crippen LogP contribution is 2.57. The molecule has 0 aromatic rings. The Morgan fingerprint density at radius 1 is 1.00 bits per heavy atom. The minimum Gasteiger partial charge on any atom is -0.375 e. The Hall–Kier alpha value is -0.0800. The molecule has 3 rings (SSSR count). The molecule has 0 amide bonds. The quantitative estimate of drug-likeness (QED) is 0.765. The first kappa shape index (κ1) is 13.9. The fourth-order valence-corrected chi connectivity index (χ4v) is 4.13. The first-order chi connectivity index (χ1) is 9.15. The summed E-state index contributed by atoms with van der Waals surface area (Å²) in [7, 11) is 0. The Balaban J connectivity index is 1.35. The van der Waals surface area contributed by atoms with E-state index in [1.54, 1.807) is 0 Å².